The van der Waals surface area contributed by atoms with Gasteiger partial charge in [-0.1, -0.05) is 6.92 Å². The number of alkyl halides is 1. The van der Waals surface area contributed by atoms with Crippen molar-refractivity contribution in [3.05, 3.63) is 0 Å². The van der Waals surface area contributed by atoms with Gasteiger partial charge in [0.05, 0.1) is 0 Å². The Kier molecular flexibility index (Phi) is 6.21. The maximum Gasteiger partial charge on any atom is 0.143 e. The van der Waals surface area contributed by atoms with Gasteiger partial charge in [-0.05, 0) is 12.7 Å². The summed E-state index contributed by atoms with van der Waals surface area (Å²) in [7, 11) is 0. The number of hydrogen-bond acceptors (Lipinski definition) is 2. The van der Waals surface area contributed by atoms with Gasteiger partial charge >= 0.3 is 0 Å². The van der Waals surface area contributed by atoms with Gasteiger partial charge in [0, 0.05) is 5.08 Å². The first-order valence-electron chi connectivity index (χ1n) is 2.60. The van der Waals surface area contributed by atoms with E-state index in [4.69, 9.17) is 0 Å². The van der Waals surface area contributed by atoms with E-state index in [1.807, 2.05) is 0 Å². The number of hydrogen-bond donors (Lipinski definition) is 0. The molecule has 0 aliphatic rings. The van der Waals surface area contributed by atoms with Gasteiger partial charge < -0.3 is 0 Å². The summed E-state index contributed by atoms with van der Waals surface area (Å²) in [6.07, 6.45) is 0. The lowest BCUT2D eigenvalue weighted by Gasteiger charge is -1.97. The van der Waals surface area contributed by atoms with Gasteiger partial charge in [0.1, 0.15) is 5.50 Å². The lowest BCUT2D eigenvalue weighted by Crippen LogP contribution is -1.83. The fourth-order valence-electron chi connectivity index (χ4n) is 0.225. The van der Waals surface area contributed by atoms with E-state index in [1.165, 1.54) is 11.8 Å². The van der Waals surface area contributed by atoms with E-state index in [1.54, 1.807) is 18.7 Å². The van der Waals surface area contributed by atoms with Crippen molar-refractivity contribution in [1.82, 2.24) is 0 Å². The molecule has 0 rings (SSSR count). The van der Waals surface area contributed by atoms with E-state index in [2.05, 4.69) is 6.92 Å². The Labute approximate surface area is 58.6 Å². The van der Waals surface area contributed by atoms with Gasteiger partial charge in [-0.3, -0.25) is 0 Å². The summed E-state index contributed by atoms with van der Waals surface area (Å²) in [5.74, 6) is 1.08. The van der Waals surface area contributed by atoms with Gasteiger partial charge in [-0.25, -0.2) is 4.39 Å². The normalized spacial score (nSPS) is 13.9. The quantitative estimate of drug-likeness (QED) is 0.451. The topological polar surface area (TPSA) is 0 Å². The second kappa shape index (κ2) is 5.76. The molecule has 0 saturated heterocycles. The molecule has 0 spiro atoms. The van der Waals surface area contributed by atoms with Crippen molar-refractivity contribution in [3.63, 3.8) is 0 Å². The van der Waals surface area contributed by atoms with Crippen LogP contribution in [0.25, 0.3) is 0 Å². The van der Waals surface area contributed by atoms with Crippen LogP contribution in [0.15, 0.2) is 0 Å². The second-order valence-corrected chi connectivity index (χ2v) is 4.23. The summed E-state index contributed by atoms with van der Waals surface area (Å²) in [4.78, 5) is 0. The van der Waals surface area contributed by atoms with Crippen molar-refractivity contribution in [2.75, 3.05) is 10.8 Å². The molecular formula is C5H11FS2. The highest BCUT2D eigenvalue weighted by atomic mass is 32.2. The molecule has 0 aromatic rings. The molecule has 0 fully saturated rings. The summed E-state index contributed by atoms with van der Waals surface area (Å²) in [5.41, 5.74) is -0.700. The van der Waals surface area contributed by atoms with E-state index in [0.717, 1.165) is 10.8 Å². The Morgan fingerprint density at radius 2 is 2.25 bits per heavy atom. The highest BCUT2D eigenvalue weighted by Gasteiger charge is 1.94. The Hall–Kier alpha value is 0.630. The highest BCUT2D eigenvalue weighted by molar-refractivity contribution is 8.16. The molecule has 8 heavy (non-hydrogen) atoms. The van der Waals surface area contributed by atoms with Crippen LogP contribution in [0.2, 0.25) is 0 Å². The smallest absolute Gasteiger partial charge is 0.143 e. The average molecular weight is 154 g/mol. The van der Waals surface area contributed by atoms with Crippen LogP contribution in [0.4, 0.5) is 4.39 Å². The molecule has 50 valence electrons. The molecule has 0 aliphatic heterocycles. The van der Waals surface area contributed by atoms with E-state index in [9.17, 15) is 4.39 Å². The molecule has 1 atom stereocenters. The van der Waals surface area contributed by atoms with Crippen molar-refractivity contribution < 1.29 is 4.39 Å². The first-order chi connectivity index (χ1) is 3.77. The molecule has 3 heteroatoms. The Balaban J connectivity index is 2.72. The van der Waals surface area contributed by atoms with Crippen LogP contribution >= 0.6 is 23.5 Å². The predicted molar refractivity (Wildman–Crippen MR) is 41.2 cm³/mol. The molecule has 0 saturated carbocycles. The van der Waals surface area contributed by atoms with E-state index < -0.39 is 5.50 Å². The largest absolute Gasteiger partial charge is 0.236 e. The average Bonchev–Trinajstić information content (AvgIpc) is 1.66. The Bertz CT molecular complexity index is 47.7. The van der Waals surface area contributed by atoms with Crippen molar-refractivity contribution in [2.45, 2.75) is 19.4 Å². The van der Waals surface area contributed by atoms with Gasteiger partial charge in [0.25, 0.3) is 0 Å². The lowest BCUT2D eigenvalue weighted by molar-refractivity contribution is 0.484. The number of rotatable bonds is 4. The zero-order valence-corrected chi connectivity index (χ0v) is 6.82. The molecule has 0 radical (unpaired) electrons. The minimum Gasteiger partial charge on any atom is -0.236 e. The standard InChI is InChI=1S/C5H11FS2/c1-3-7-4-8-5(2)6/h5H,3-4H2,1-2H3. The third-order valence-electron chi connectivity index (χ3n) is 0.585. The summed E-state index contributed by atoms with van der Waals surface area (Å²) in [6.45, 7) is 3.65. The first-order valence-corrected chi connectivity index (χ1v) is 4.81. The molecule has 0 aromatic heterocycles. The van der Waals surface area contributed by atoms with Crippen molar-refractivity contribution in [3.8, 4) is 0 Å². The summed E-state index contributed by atoms with van der Waals surface area (Å²) < 4.78 is 12.0. The fourth-order valence-corrected chi connectivity index (χ4v) is 2.03. The van der Waals surface area contributed by atoms with Crippen LogP contribution in [0.3, 0.4) is 0 Å². The molecule has 0 aliphatic carbocycles. The summed E-state index contributed by atoms with van der Waals surface area (Å²) in [6, 6.07) is 0. The predicted octanol–water partition coefficient (Wildman–Crippen LogP) is 2.75. The van der Waals surface area contributed by atoms with E-state index >= 15 is 0 Å². The molecule has 0 nitrogen and oxygen atoms in total. The van der Waals surface area contributed by atoms with Gasteiger partial charge in [0.15, 0.2) is 0 Å². The summed E-state index contributed by atoms with van der Waals surface area (Å²) >= 11 is 3.11. The van der Waals surface area contributed by atoms with Crippen molar-refractivity contribution in [1.29, 1.82) is 0 Å². The van der Waals surface area contributed by atoms with Crippen LogP contribution in [-0.2, 0) is 0 Å². The van der Waals surface area contributed by atoms with Crippen molar-refractivity contribution in [2.24, 2.45) is 0 Å². The molecule has 0 amide bonds. The minimum atomic E-state index is -0.700. The molecular weight excluding hydrogens is 143 g/mol. The second-order valence-electron chi connectivity index (χ2n) is 1.32. The Morgan fingerprint density at radius 3 is 2.62 bits per heavy atom. The Morgan fingerprint density at radius 1 is 1.62 bits per heavy atom. The molecule has 1 unspecified atom stereocenters. The van der Waals surface area contributed by atoms with Crippen LogP contribution < -0.4 is 0 Å². The maximum absolute atomic E-state index is 12.0. The SMILES string of the molecule is CCSCSC(C)F. The third-order valence-corrected chi connectivity index (χ3v) is 2.66. The van der Waals surface area contributed by atoms with Crippen molar-refractivity contribution >= 4 is 23.5 Å². The van der Waals surface area contributed by atoms with Gasteiger partial charge in [-0.15, -0.1) is 11.8 Å². The number of thioether (sulfide) groups is 2. The molecule has 0 N–H and O–H groups in total. The zero-order chi connectivity index (χ0) is 6.41. The van der Waals surface area contributed by atoms with Crippen LogP contribution in [-0.4, -0.2) is 16.3 Å². The fraction of sp³-hybridized carbons (Fsp3) is 1.00. The first kappa shape index (κ1) is 8.63. The monoisotopic (exact) mass is 154 g/mol. The van der Waals surface area contributed by atoms with Gasteiger partial charge in [0.2, 0.25) is 0 Å². The minimum absolute atomic E-state index is 0.700. The highest BCUT2D eigenvalue weighted by Crippen LogP contribution is 2.17. The van der Waals surface area contributed by atoms with E-state index in [-0.39, 0.29) is 0 Å². The maximum atomic E-state index is 12.0. The molecule has 0 heterocycles. The summed E-state index contributed by atoms with van der Waals surface area (Å²) in [5, 5.41) is 0.883. The molecule has 0 bridgehead atoms. The van der Waals surface area contributed by atoms with E-state index in [0.29, 0.717) is 0 Å². The zero-order valence-electron chi connectivity index (χ0n) is 5.19. The van der Waals surface area contributed by atoms with Crippen LogP contribution in [0.5, 0.6) is 0 Å². The van der Waals surface area contributed by atoms with Crippen LogP contribution in [0, 0.1) is 0 Å². The van der Waals surface area contributed by atoms with Gasteiger partial charge in [-0.2, -0.15) is 11.8 Å². The third kappa shape index (κ3) is 6.63. The lowest BCUT2D eigenvalue weighted by atomic mass is 10.9. The number of halogens is 1. The van der Waals surface area contributed by atoms with Crippen LogP contribution in [0.1, 0.15) is 13.8 Å². The molecule has 0 aromatic carbocycles.